The Bertz CT molecular complexity index is 1810. The highest BCUT2D eigenvalue weighted by molar-refractivity contribution is 6.32. The Balaban J connectivity index is 1.72. The highest BCUT2D eigenvalue weighted by atomic mass is 35.5. The lowest BCUT2D eigenvalue weighted by Gasteiger charge is -2.36. The second-order valence-corrected chi connectivity index (χ2v) is 11.2. The second kappa shape index (κ2) is 9.36. The molecule has 2 aliphatic rings. The number of hydrogen-bond acceptors (Lipinski definition) is 5. The van der Waals surface area contributed by atoms with Crippen molar-refractivity contribution >= 4 is 52.3 Å². The summed E-state index contributed by atoms with van der Waals surface area (Å²) < 4.78 is 7.49. The first-order chi connectivity index (χ1) is 19.5. The quantitative estimate of drug-likeness (QED) is 0.309. The van der Waals surface area contributed by atoms with Gasteiger partial charge in [-0.15, -0.1) is 0 Å². The zero-order valence-corrected chi connectivity index (χ0v) is 24.1. The molecule has 3 amide bonds. The summed E-state index contributed by atoms with van der Waals surface area (Å²) in [6.07, 6.45) is 0. The van der Waals surface area contributed by atoms with E-state index in [4.69, 9.17) is 38.7 Å². The average Bonchev–Trinajstić information content (AvgIpc) is 3.53. The van der Waals surface area contributed by atoms with E-state index in [-0.39, 0.29) is 17.3 Å². The number of aromatic nitrogens is 2. The van der Waals surface area contributed by atoms with Crippen LogP contribution in [0, 0.1) is 6.92 Å². The maximum absolute atomic E-state index is 14.5. The number of methoxy groups -OCH3 is 1. The highest BCUT2D eigenvalue weighted by Gasteiger charge is 2.64. The minimum atomic E-state index is -1.61. The van der Waals surface area contributed by atoms with Crippen LogP contribution in [-0.4, -0.2) is 34.4 Å². The van der Waals surface area contributed by atoms with Gasteiger partial charge < -0.3 is 20.4 Å². The summed E-state index contributed by atoms with van der Waals surface area (Å²) in [4.78, 5) is 47.0. The van der Waals surface area contributed by atoms with Gasteiger partial charge in [0.2, 0.25) is 5.91 Å². The van der Waals surface area contributed by atoms with Crippen LogP contribution in [0.25, 0.3) is 11.4 Å². The molecule has 1 unspecified atom stereocenters. The Morgan fingerprint density at radius 2 is 1.76 bits per heavy atom. The fourth-order valence-corrected chi connectivity index (χ4v) is 6.19. The smallest absolute Gasteiger partial charge is 0.280 e. The topological polar surface area (TPSA) is 120 Å². The Morgan fingerprint density at radius 3 is 2.44 bits per heavy atom. The van der Waals surface area contributed by atoms with Crippen molar-refractivity contribution in [3.8, 4) is 17.1 Å². The van der Waals surface area contributed by atoms with E-state index in [0.717, 1.165) is 5.56 Å². The normalized spacial score (nSPS) is 17.3. The third-order valence-corrected chi connectivity index (χ3v) is 8.07. The molecular weight excluding hydrogens is 565 g/mol. The van der Waals surface area contributed by atoms with Crippen molar-refractivity contribution in [3.63, 3.8) is 0 Å². The fourth-order valence-electron chi connectivity index (χ4n) is 5.85. The van der Waals surface area contributed by atoms with E-state index in [9.17, 15) is 14.4 Å². The molecule has 3 aromatic carbocycles. The number of rotatable bonds is 5. The number of nitrogens with zero attached hydrogens (tertiary/aromatic N) is 3. The number of fused-ring (bicyclic) bond motifs is 4. The molecule has 0 saturated carbocycles. The first kappa shape index (κ1) is 26.9. The third-order valence-electron chi connectivity index (χ3n) is 7.60. The van der Waals surface area contributed by atoms with Crippen LogP contribution in [0.3, 0.4) is 0 Å². The first-order valence-electron chi connectivity index (χ1n) is 12.8. The van der Waals surface area contributed by atoms with Crippen molar-refractivity contribution in [2.75, 3.05) is 17.3 Å². The van der Waals surface area contributed by atoms with Gasteiger partial charge in [0.25, 0.3) is 11.8 Å². The maximum Gasteiger partial charge on any atom is 0.280 e. The van der Waals surface area contributed by atoms with Gasteiger partial charge in [0.1, 0.15) is 11.6 Å². The number of primary amides is 1. The number of imidazole rings is 1. The van der Waals surface area contributed by atoms with Crippen LogP contribution in [0.5, 0.6) is 5.75 Å². The minimum Gasteiger partial charge on any atom is -0.496 e. The van der Waals surface area contributed by atoms with Crippen LogP contribution >= 0.6 is 23.2 Å². The van der Waals surface area contributed by atoms with E-state index >= 15 is 0 Å². The van der Waals surface area contributed by atoms with Crippen molar-refractivity contribution in [1.29, 1.82) is 0 Å². The lowest BCUT2D eigenvalue weighted by Crippen LogP contribution is -2.51. The van der Waals surface area contributed by atoms with E-state index in [2.05, 4.69) is 5.32 Å². The zero-order valence-electron chi connectivity index (χ0n) is 22.6. The predicted molar refractivity (Wildman–Crippen MR) is 157 cm³/mol. The molecular formula is C30H25Cl2N5O4. The summed E-state index contributed by atoms with van der Waals surface area (Å²) in [7, 11) is 1.47. The van der Waals surface area contributed by atoms with Gasteiger partial charge >= 0.3 is 0 Å². The zero-order chi connectivity index (χ0) is 29.4. The summed E-state index contributed by atoms with van der Waals surface area (Å²) in [6.45, 7) is 5.74. The Labute approximate surface area is 245 Å². The second-order valence-electron chi connectivity index (χ2n) is 10.3. The fraction of sp³-hybridized carbons (Fsp3) is 0.200. The monoisotopic (exact) mass is 589 g/mol. The molecule has 9 nitrogen and oxygen atoms in total. The Kier molecular flexibility index (Phi) is 6.13. The van der Waals surface area contributed by atoms with Gasteiger partial charge in [-0.2, -0.15) is 0 Å². The van der Waals surface area contributed by atoms with Gasteiger partial charge in [0.15, 0.2) is 11.2 Å². The molecule has 1 atom stereocenters. The summed E-state index contributed by atoms with van der Waals surface area (Å²) in [5.41, 5.74) is 7.49. The number of hydrogen-bond donors (Lipinski definition) is 2. The Morgan fingerprint density at radius 1 is 1.05 bits per heavy atom. The molecule has 11 heteroatoms. The van der Waals surface area contributed by atoms with E-state index in [1.54, 1.807) is 48.5 Å². The number of ether oxygens (including phenoxy) is 1. The standard InChI is InChI=1S/C30H25Cl2N5O4/c1-14(2)36-25-24(35-27(36)19-9-6-16(26(33)38)11-23(19)41-4)28(39)37(22-13-18(32)7-5-15(22)3)30(25)20-10-8-17(31)12-21(20)34-29(30)40/h5-14H,1-4H3,(H2,33,38)(H,34,40). The number of amides is 3. The van der Waals surface area contributed by atoms with Crippen molar-refractivity contribution in [2.45, 2.75) is 32.4 Å². The summed E-state index contributed by atoms with van der Waals surface area (Å²) in [6, 6.07) is 14.8. The van der Waals surface area contributed by atoms with E-state index < -0.39 is 23.3 Å². The molecule has 6 rings (SSSR count). The molecule has 0 saturated heterocycles. The number of nitrogens with two attached hydrogens (primary N) is 1. The van der Waals surface area contributed by atoms with Crippen LogP contribution in [0.4, 0.5) is 11.4 Å². The van der Waals surface area contributed by atoms with Crippen LogP contribution in [0.2, 0.25) is 10.0 Å². The predicted octanol–water partition coefficient (Wildman–Crippen LogP) is 5.71. The largest absolute Gasteiger partial charge is 0.496 e. The summed E-state index contributed by atoms with van der Waals surface area (Å²) in [5.74, 6) is -0.742. The lowest BCUT2D eigenvalue weighted by atomic mass is 9.86. The number of halogens is 2. The van der Waals surface area contributed by atoms with Crippen molar-refractivity contribution < 1.29 is 19.1 Å². The number of carbonyl (C=O) groups is 3. The lowest BCUT2D eigenvalue weighted by molar-refractivity contribution is -0.119. The van der Waals surface area contributed by atoms with Crippen LogP contribution in [0.1, 0.15) is 57.6 Å². The molecule has 4 aromatic rings. The molecule has 0 aliphatic carbocycles. The molecule has 208 valence electrons. The minimum absolute atomic E-state index is 0.118. The first-order valence-corrected chi connectivity index (χ1v) is 13.6. The Hall–Kier alpha value is -4.34. The molecule has 2 aliphatic heterocycles. The van der Waals surface area contributed by atoms with Gasteiger partial charge in [-0.1, -0.05) is 35.3 Å². The number of aryl methyl sites for hydroxylation is 1. The summed E-state index contributed by atoms with van der Waals surface area (Å²) in [5, 5.41) is 3.81. The van der Waals surface area contributed by atoms with Crippen molar-refractivity contribution in [1.82, 2.24) is 9.55 Å². The molecule has 1 aromatic heterocycles. The number of benzene rings is 3. The van der Waals surface area contributed by atoms with Gasteiger partial charge in [0, 0.05) is 32.9 Å². The molecule has 0 fully saturated rings. The maximum atomic E-state index is 14.5. The van der Waals surface area contributed by atoms with Gasteiger partial charge in [0.05, 0.1) is 24.1 Å². The molecule has 1 spiro atoms. The molecule has 3 N–H and O–H groups in total. The highest BCUT2D eigenvalue weighted by Crippen LogP contribution is 2.55. The van der Waals surface area contributed by atoms with Crippen LogP contribution in [-0.2, 0) is 10.3 Å². The molecule has 41 heavy (non-hydrogen) atoms. The van der Waals surface area contributed by atoms with Gasteiger partial charge in [-0.25, -0.2) is 4.98 Å². The third kappa shape index (κ3) is 3.69. The van der Waals surface area contributed by atoms with Crippen molar-refractivity contribution in [3.05, 3.63) is 92.7 Å². The number of anilines is 2. The molecule has 0 radical (unpaired) electrons. The van der Waals surface area contributed by atoms with E-state index in [0.29, 0.717) is 49.8 Å². The van der Waals surface area contributed by atoms with Crippen LogP contribution < -0.4 is 20.7 Å². The number of carbonyl (C=O) groups excluding carboxylic acids is 3. The molecule has 3 heterocycles. The van der Waals surface area contributed by atoms with E-state index in [1.807, 2.05) is 25.3 Å². The van der Waals surface area contributed by atoms with E-state index in [1.165, 1.54) is 18.1 Å². The van der Waals surface area contributed by atoms with Gasteiger partial charge in [-0.3, -0.25) is 19.3 Å². The van der Waals surface area contributed by atoms with Gasteiger partial charge in [-0.05, 0) is 68.8 Å². The summed E-state index contributed by atoms with van der Waals surface area (Å²) >= 11 is 12.7. The number of nitrogens with one attached hydrogen (secondary N) is 1. The molecule has 0 bridgehead atoms. The van der Waals surface area contributed by atoms with Crippen molar-refractivity contribution in [2.24, 2.45) is 5.73 Å². The SMILES string of the molecule is COc1cc(C(N)=O)ccc1-c1nc2c(n1C(C)C)C1(C(=O)Nc3cc(Cl)ccc31)N(c1cc(Cl)ccc1C)C2=O. The van der Waals surface area contributed by atoms with Crippen LogP contribution in [0.15, 0.2) is 54.6 Å². The average molecular weight is 590 g/mol.